The minimum Gasteiger partial charge on any atom is -0.341 e. The van der Waals surface area contributed by atoms with Gasteiger partial charge < -0.3 is 10.3 Å². The first-order chi connectivity index (χ1) is 8.68. The van der Waals surface area contributed by atoms with Crippen molar-refractivity contribution in [3.63, 3.8) is 0 Å². The maximum atomic E-state index is 5.41. The largest absolute Gasteiger partial charge is 0.341 e. The number of H-pyrrole nitrogens is 1. The van der Waals surface area contributed by atoms with Gasteiger partial charge in [0.05, 0.1) is 17.1 Å². The highest BCUT2D eigenvalue weighted by Crippen LogP contribution is 2.54. The summed E-state index contributed by atoms with van der Waals surface area (Å²) in [7, 11) is 0. The van der Waals surface area contributed by atoms with Crippen molar-refractivity contribution >= 4 is 11.0 Å². The SMILES string of the molecule is C#Cc1ccc2[nH]c([C@@H]3C[C@H]4CC4(C)N3)nc2c1. The van der Waals surface area contributed by atoms with Crippen molar-refractivity contribution in [1.29, 1.82) is 0 Å². The molecule has 2 heterocycles. The maximum absolute atomic E-state index is 5.41. The minimum atomic E-state index is 0.369. The average Bonchev–Trinajstić information content (AvgIpc) is 2.77. The molecule has 1 aromatic carbocycles. The van der Waals surface area contributed by atoms with Gasteiger partial charge in [-0.05, 0) is 43.9 Å². The van der Waals surface area contributed by atoms with Crippen molar-refractivity contribution in [2.24, 2.45) is 5.92 Å². The van der Waals surface area contributed by atoms with Crippen LogP contribution in [0.1, 0.15) is 37.2 Å². The number of terminal acetylenes is 1. The standard InChI is InChI=1S/C15H15N3/c1-3-9-4-5-11-12(6-9)17-14(16-11)13-7-10-8-15(10,2)18-13/h1,4-6,10,13,18H,7-8H2,2H3,(H,16,17)/t10-,13-,15?/m0/s1. The molecule has 0 amide bonds. The van der Waals surface area contributed by atoms with Gasteiger partial charge in [-0.2, -0.15) is 0 Å². The van der Waals surface area contributed by atoms with Crippen LogP contribution in [0.25, 0.3) is 11.0 Å². The molecule has 90 valence electrons. The van der Waals surface area contributed by atoms with Crippen molar-refractivity contribution in [2.45, 2.75) is 31.3 Å². The van der Waals surface area contributed by atoms with E-state index < -0.39 is 0 Å². The summed E-state index contributed by atoms with van der Waals surface area (Å²) < 4.78 is 0. The molecule has 3 nitrogen and oxygen atoms in total. The lowest BCUT2D eigenvalue weighted by Gasteiger charge is -2.13. The maximum Gasteiger partial charge on any atom is 0.124 e. The fraction of sp³-hybridized carbons (Fsp3) is 0.400. The zero-order chi connectivity index (χ0) is 12.3. The summed E-state index contributed by atoms with van der Waals surface area (Å²) in [5.74, 6) is 4.53. The van der Waals surface area contributed by atoms with Gasteiger partial charge >= 0.3 is 0 Å². The molecule has 3 heteroatoms. The van der Waals surface area contributed by atoms with Crippen molar-refractivity contribution < 1.29 is 0 Å². The lowest BCUT2D eigenvalue weighted by Crippen LogP contribution is -2.27. The Balaban J connectivity index is 1.72. The fourth-order valence-corrected chi connectivity index (χ4v) is 3.17. The molecule has 0 bridgehead atoms. The van der Waals surface area contributed by atoms with Crippen molar-refractivity contribution in [1.82, 2.24) is 15.3 Å². The third kappa shape index (κ3) is 1.33. The molecule has 1 saturated heterocycles. The van der Waals surface area contributed by atoms with Crippen LogP contribution in [0.5, 0.6) is 0 Å². The molecule has 2 aliphatic rings. The van der Waals surface area contributed by atoms with Crippen LogP contribution in [0.2, 0.25) is 0 Å². The molecule has 18 heavy (non-hydrogen) atoms. The van der Waals surface area contributed by atoms with Crippen LogP contribution in [0.3, 0.4) is 0 Å². The number of aromatic nitrogens is 2. The van der Waals surface area contributed by atoms with Gasteiger partial charge in [-0.1, -0.05) is 5.92 Å². The Kier molecular flexibility index (Phi) is 1.78. The number of imidazole rings is 1. The van der Waals surface area contributed by atoms with E-state index in [9.17, 15) is 0 Å². The summed E-state index contributed by atoms with van der Waals surface area (Å²) in [5.41, 5.74) is 3.28. The van der Waals surface area contributed by atoms with E-state index in [1.54, 1.807) is 0 Å². The van der Waals surface area contributed by atoms with Crippen LogP contribution in [0.4, 0.5) is 0 Å². The summed E-state index contributed by atoms with van der Waals surface area (Å²) in [5, 5.41) is 3.68. The number of nitrogens with one attached hydrogen (secondary N) is 2. The Morgan fingerprint density at radius 1 is 1.50 bits per heavy atom. The van der Waals surface area contributed by atoms with Gasteiger partial charge in [0, 0.05) is 11.1 Å². The number of benzene rings is 1. The Morgan fingerprint density at radius 3 is 3.11 bits per heavy atom. The molecular formula is C15H15N3. The highest BCUT2D eigenvalue weighted by atomic mass is 15.1. The first-order valence-electron chi connectivity index (χ1n) is 6.42. The summed E-state index contributed by atoms with van der Waals surface area (Å²) in [6.07, 6.45) is 7.91. The first-order valence-corrected chi connectivity index (χ1v) is 6.42. The molecule has 4 rings (SSSR count). The van der Waals surface area contributed by atoms with E-state index in [1.807, 2.05) is 18.2 Å². The highest BCUT2D eigenvalue weighted by Gasteiger charge is 2.57. The van der Waals surface area contributed by atoms with E-state index in [1.165, 1.54) is 12.8 Å². The Labute approximate surface area is 106 Å². The Morgan fingerprint density at radius 2 is 2.39 bits per heavy atom. The summed E-state index contributed by atoms with van der Waals surface area (Å²) in [6, 6.07) is 6.30. The number of nitrogens with zero attached hydrogens (tertiary/aromatic N) is 1. The van der Waals surface area contributed by atoms with Crippen LogP contribution in [-0.4, -0.2) is 15.5 Å². The lowest BCUT2D eigenvalue weighted by molar-refractivity contribution is 0.490. The third-order valence-electron chi connectivity index (χ3n) is 4.43. The van der Waals surface area contributed by atoms with Crippen molar-refractivity contribution in [3.8, 4) is 12.3 Å². The van der Waals surface area contributed by atoms with Gasteiger partial charge in [0.2, 0.25) is 0 Å². The zero-order valence-electron chi connectivity index (χ0n) is 10.3. The molecule has 0 spiro atoms. The molecule has 2 aromatic rings. The molecule has 1 saturated carbocycles. The van der Waals surface area contributed by atoms with Crippen LogP contribution >= 0.6 is 0 Å². The van der Waals surface area contributed by atoms with E-state index in [2.05, 4.69) is 28.1 Å². The number of rotatable bonds is 1. The number of fused-ring (bicyclic) bond motifs is 2. The van der Waals surface area contributed by atoms with Crippen LogP contribution in [0.15, 0.2) is 18.2 Å². The highest BCUT2D eigenvalue weighted by molar-refractivity contribution is 5.77. The Bertz CT molecular complexity index is 679. The monoisotopic (exact) mass is 237 g/mol. The molecule has 1 unspecified atom stereocenters. The normalized spacial score (nSPS) is 33.3. The van der Waals surface area contributed by atoms with E-state index in [-0.39, 0.29) is 0 Å². The predicted octanol–water partition coefficient (Wildman–Crippen LogP) is 2.36. The van der Waals surface area contributed by atoms with E-state index >= 15 is 0 Å². The number of piperidine rings is 1. The van der Waals surface area contributed by atoms with Crippen LogP contribution in [0, 0.1) is 18.3 Å². The molecule has 1 aliphatic heterocycles. The summed E-state index contributed by atoms with van der Waals surface area (Å²) >= 11 is 0. The minimum absolute atomic E-state index is 0.369. The lowest BCUT2D eigenvalue weighted by atomic mass is 10.2. The van der Waals surface area contributed by atoms with Crippen molar-refractivity contribution in [2.75, 3.05) is 0 Å². The van der Waals surface area contributed by atoms with E-state index in [4.69, 9.17) is 6.42 Å². The molecule has 2 N–H and O–H groups in total. The number of hydrogen-bond donors (Lipinski definition) is 2. The second-order valence-electron chi connectivity index (χ2n) is 5.75. The van der Waals surface area contributed by atoms with Gasteiger partial charge in [0.25, 0.3) is 0 Å². The van der Waals surface area contributed by atoms with Crippen molar-refractivity contribution in [3.05, 3.63) is 29.6 Å². The molecule has 0 radical (unpaired) electrons. The Hall–Kier alpha value is -1.79. The first kappa shape index (κ1) is 10.2. The topological polar surface area (TPSA) is 40.7 Å². The molecule has 1 aromatic heterocycles. The van der Waals surface area contributed by atoms with Crippen LogP contribution in [-0.2, 0) is 0 Å². The van der Waals surface area contributed by atoms with Gasteiger partial charge in [-0.25, -0.2) is 4.98 Å². The van der Waals surface area contributed by atoms with E-state index in [0.29, 0.717) is 11.6 Å². The number of hydrogen-bond acceptors (Lipinski definition) is 2. The smallest absolute Gasteiger partial charge is 0.124 e. The summed E-state index contributed by atoms with van der Waals surface area (Å²) in [6.45, 7) is 2.30. The zero-order valence-corrected chi connectivity index (χ0v) is 10.3. The van der Waals surface area contributed by atoms with Gasteiger partial charge in [-0.3, -0.25) is 0 Å². The van der Waals surface area contributed by atoms with Gasteiger partial charge in [-0.15, -0.1) is 6.42 Å². The molecular weight excluding hydrogens is 222 g/mol. The molecule has 2 fully saturated rings. The quantitative estimate of drug-likeness (QED) is 0.747. The van der Waals surface area contributed by atoms with Crippen LogP contribution < -0.4 is 5.32 Å². The fourth-order valence-electron chi connectivity index (χ4n) is 3.17. The van der Waals surface area contributed by atoms with E-state index in [0.717, 1.165) is 28.3 Å². The molecule has 3 atom stereocenters. The third-order valence-corrected chi connectivity index (χ3v) is 4.43. The second kappa shape index (κ2) is 3.15. The average molecular weight is 237 g/mol. The molecule has 1 aliphatic carbocycles. The second-order valence-corrected chi connectivity index (χ2v) is 5.75. The summed E-state index contributed by atoms with van der Waals surface area (Å²) in [4.78, 5) is 8.08. The predicted molar refractivity (Wildman–Crippen MR) is 71.0 cm³/mol. The van der Waals surface area contributed by atoms with Gasteiger partial charge in [0.1, 0.15) is 5.82 Å². The van der Waals surface area contributed by atoms with Gasteiger partial charge in [0.15, 0.2) is 0 Å². The number of aromatic amines is 1.